The number of aromatic nitrogens is 1. The molecule has 94 valence electrons. The molecular weight excluding hydrogens is 212 g/mol. The molecule has 4 nitrogen and oxygen atoms in total. The molecular formula is C13H22N4. The van der Waals surface area contributed by atoms with E-state index in [1.807, 2.05) is 0 Å². The van der Waals surface area contributed by atoms with Crippen LogP contribution in [0.15, 0.2) is 18.5 Å². The Morgan fingerprint density at radius 1 is 1.53 bits per heavy atom. The molecule has 0 spiro atoms. The highest BCUT2D eigenvalue weighted by Crippen LogP contribution is 2.20. The fourth-order valence-electron chi connectivity index (χ4n) is 1.77. The predicted octanol–water partition coefficient (Wildman–Crippen LogP) is 2.24. The lowest BCUT2D eigenvalue weighted by atomic mass is 10.1. The van der Waals surface area contributed by atoms with Gasteiger partial charge in [-0.05, 0) is 18.9 Å². The SMILES string of the molecule is CCC(C)CN(CC)c1cnccc1C(=N)N. The Balaban J connectivity index is 2.99. The summed E-state index contributed by atoms with van der Waals surface area (Å²) in [5.74, 6) is 0.722. The van der Waals surface area contributed by atoms with Gasteiger partial charge < -0.3 is 10.6 Å². The molecule has 1 aromatic rings. The summed E-state index contributed by atoms with van der Waals surface area (Å²) < 4.78 is 0. The molecule has 0 saturated carbocycles. The van der Waals surface area contributed by atoms with Gasteiger partial charge in [-0.1, -0.05) is 20.3 Å². The second-order valence-electron chi connectivity index (χ2n) is 4.36. The van der Waals surface area contributed by atoms with Gasteiger partial charge in [0, 0.05) is 24.8 Å². The van der Waals surface area contributed by atoms with Crippen LogP contribution < -0.4 is 10.6 Å². The molecule has 1 aromatic heterocycles. The van der Waals surface area contributed by atoms with Crippen LogP contribution in [0.4, 0.5) is 5.69 Å². The van der Waals surface area contributed by atoms with Gasteiger partial charge in [0.05, 0.1) is 11.9 Å². The van der Waals surface area contributed by atoms with E-state index in [1.165, 1.54) is 0 Å². The third-order valence-corrected chi connectivity index (χ3v) is 3.04. The van der Waals surface area contributed by atoms with E-state index >= 15 is 0 Å². The first-order valence-electron chi connectivity index (χ1n) is 6.13. The first-order valence-corrected chi connectivity index (χ1v) is 6.13. The van der Waals surface area contributed by atoms with Crippen molar-refractivity contribution in [2.24, 2.45) is 11.7 Å². The van der Waals surface area contributed by atoms with Crippen LogP contribution in [0.3, 0.4) is 0 Å². The van der Waals surface area contributed by atoms with Crippen molar-refractivity contribution in [1.29, 1.82) is 5.41 Å². The average molecular weight is 234 g/mol. The largest absolute Gasteiger partial charge is 0.384 e. The highest BCUT2D eigenvalue weighted by Gasteiger charge is 2.13. The Labute approximate surface area is 103 Å². The Hall–Kier alpha value is -1.58. The normalized spacial score (nSPS) is 12.2. The van der Waals surface area contributed by atoms with Gasteiger partial charge in [0.1, 0.15) is 5.84 Å². The van der Waals surface area contributed by atoms with Crippen LogP contribution in [0.25, 0.3) is 0 Å². The number of nitrogens with one attached hydrogen (secondary N) is 1. The Morgan fingerprint density at radius 2 is 2.24 bits per heavy atom. The summed E-state index contributed by atoms with van der Waals surface area (Å²) in [5, 5.41) is 7.60. The molecule has 0 saturated heterocycles. The average Bonchev–Trinajstić information content (AvgIpc) is 2.35. The molecule has 3 N–H and O–H groups in total. The molecule has 0 radical (unpaired) electrons. The van der Waals surface area contributed by atoms with Gasteiger partial charge in [-0.15, -0.1) is 0 Å². The molecule has 0 fully saturated rings. The van der Waals surface area contributed by atoms with Gasteiger partial charge in [0.2, 0.25) is 0 Å². The lowest BCUT2D eigenvalue weighted by Gasteiger charge is -2.27. The van der Waals surface area contributed by atoms with Crippen LogP contribution in [0.5, 0.6) is 0 Å². The number of anilines is 1. The third kappa shape index (κ3) is 3.44. The highest BCUT2D eigenvalue weighted by molar-refractivity contribution is 6.00. The zero-order valence-corrected chi connectivity index (χ0v) is 10.9. The number of hydrogen-bond donors (Lipinski definition) is 2. The van der Waals surface area contributed by atoms with E-state index in [-0.39, 0.29) is 5.84 Å². The van der Waals surface area contributed by atoms with E-state index in [9.17, 15) is 0 Å². The molecule has 0 amide bonds. The molecule has 17 heavy (non-hydrogen) atoms. The third-order valence-electron chi connectivity index (χ3n) is 3.04. The zero-order chi connectivity index (χ0) is 12.8. The molecule has 1 heterocycles. The molecule has 0 aliphatic carbocycles. The summed E-state index contributed by atoms with van der Waals surface area (Å²) in [6, 6.07) is 1.80. The summed E-state index contributed by atoms with van der Waals surface area (Å²) in [6.07, 6.45) is 4.62. The number of nitrogens with zero attached hydrogens (tertiary/aromatic N) is 2. The van der Waals surface area contributed by atoms with Gasteiger partial charge >= 0.3 is 0 Å². The molecule has 0 aromatic carbocycles. The minimum Gasteiger partial charge on any atom is -0.384 e. The van der Waals surface area contributed by atoms with Crippen molar-refractivity contribution in [3.05, 3.63) is 24.0 Å². The second kappa shape index (κ2) is 6.23. The predicted molar refractivity (Wildman–Crippen MR) is 72.6 cm³/mol. The molecule has 0 bridgehead atoms. The summed E-state index contributed by atoms with van der Waals surface area (Å²) >= 11 is 0. The van der Waals surface area contributed by atoms with Gasteiger partial charge in [-0.25, -0.2) is 0 Å². The molecule has 1 unspecified atom stereocenters. The standard InChI is InChI=1S/C13H22N4/c1-4-10(3)9-17(5-2)12-8-16-7-6-11(12)13(14)15/h6-8,10H,4-5,9H2,1-3H3,(H3,14,15). The number of nitrogen functional groups attached to an aromatic ring is 1. The van der Waals surface area contributed by atoms with Crippen LogP contribution in [-0.4, -0.2) is 23.9 Å². The van der Waals surface area contributed by atoms with Gasteiger partial charge in [-0.3, -0.25) is 10.4 Å². The van der Waals surface area contributed by atoms with Gasteiger partial charge in [-0.2, -0.15) is 0 Å². The molecule has 0 aliphatic rings. The van der Waals surface area contributed by atoms with Crippen molar-refractivity contribution in [1.82, 2.24) is 4.98 Å². The van der Waals surface area contributed by atoms with Gasteiger partial charge in [0.15, 0.2) is 0 Å². The minimum atomic E-state index is 0.102. The van der Waals surface area contributed by atoms with E-state index in [0.29, 0.717) is 5.92 Å². The number of rotatable bonds is 6. The topological polar surface area (TPSA) is 66.0 Å². The summed E-state index contributed by atoms with van der Waals surface area (Å²) in [6.45, 7) is 8.40. The highest BCUT2D eigenvalue weighted by atomic mass is 15.1. The van der Waals surface area contributed by atoms with E-state index < -0.39 is 0 Å². The van der Waals surface area contributed by atoms with Crippen molar-refractivity contribution < 1.29 is 0 Å². The molecule has 0 aliphatic heterocycles. The van der Waals surface area contributed by atoms with Crippen molar-refractivity contribution >= 4 is 11.5 Å². The first-order chi connectivity index (χ1) is 8.10. The Kier molecular flexibility index (Phi) is 4.94. The minimum absolute atomic E-state index is 0.102. The van der Waals surface area contributed by atoms with Crippen molar-refractivity contribution in [2.75, 3.05) is 18.0 Å². The number of hydrogen-bond acceptors (Lipinski definition) is 3. The van der Waals surface area contributed by atoms with Crippen LogP contribution in [0.1, 0.15) is 32.8 Å². The second-order valence-corrected chi connectivity index (χ2v) is 4.36. The smallest absolute Gasteiger partial charge is 0.125 e. The number of nitrogens with two attached hydrogens (primary N) is 1. The van der Waals surface area contributed by atoms with E-state index in [4.69, 9.17) is 11.1 Å². The lowest BCUT2D eigenvalue weighted by molar-refractivity contribution is 0.547. The van der Waals surface area contributed by atoms with Crippen LogP contribution in [0, 0.1) is 11.3 Å². The van der Waals surface area contributed by atoms with E-state index in [2.05, 4.69) is 30.7 Å². The maximum absolute atomic E-state index is 7.60. The lowest BCUT2D eigenvalue weighted by Crippen LogP contribution is -2.30. The summed E-state index contributed by atoms with van der Waals surface area (Å²) in [4.78, 5) is 6.37. The number of pyridine rings is 1. The summed E-state index contributed by atoms with van der Waals surface area (Å²) in [7, 11) is 0. The monoisotopic (exact) mass is 234 g/mol. The van der Waals surface area contributed by atoms with Crippen LogP contribution in [0.2, 0.25) is 0 Å². The fourth-order valence-corrected chi connectivity index (χ4v) is 1.77. The maximum Gasteiger partial charge on any atom is 0.125 e. The maximum atomic E-state index is 7.60. The molecule has 1 rings (SSSR count). The number of amidine groups is 1. The fraction of sp³-hybridized carbons (Fsp3) is 0.538. The Morgan fingerprint density at radius 3 is 2.76 bits per heavy atom. The van der Waals surface area contributed by atoms with Crippen molar-refractivity contribution in [2.45, 2.75) is 27.2 Å². The quantitative estimate of drug-likeness (QED) is 0.586. The molecule has 1 atom stereocenters. The first kappa shape index (κ1) is 13.5. The van der Waals surface area contributed by atoms with Crippen LogP contribution in [-0.2, 0) is 0 Å². The van der Waals surface area contributed by atoms with Gasteiger partial charge in [0.25, 0.3) is 0 Å². The summed E-state index contributed by atoms with van der Waals surface area (Å²) in [5.41, 5.74) is 7.33. The van der Waals surface area contributed by atoms with Crippen molar-refractivity contribution in [3.8, 4) is 0 Å². The van der Waals surface area contributed by atoms with Crippen molar-refractivity contribution in [3.63, 3.8) is 0 Å². The van der Waals surface area contributed by atoms with E-state index in [1.54, 1.807) is 18.5 Å². The van der Waals surface area contributed by atoms with Crippen LogP contribution >= 0.6 is 0 Å². The zero-order valence-electron chi connectivity index (χ0n) is 10.9. The Bertz CT molecular complexity index is 375. The molecule has 4 heteroatoms. The van der Waals surface area contributed by atoms with E-state index in [0.717, 1.165) is 30.8 Å².